The molecule has 6 rings (SSSR count). The summed E-state index contributed by atoms with van der Waals surface area (Å²) in [5, 5.41) is 6.75. The number of nitrogens with one attached hydrogen (secondary N) is 2. The van der Waals surface area contributed by atoms with Crippen LogP contribution in [0, 0.1) is 5.92 Å². The van der Waals surface area contributed by atoms with E-state index < -0.39 is 0 Å². The van der Waals surface area contributed by atoms with E-state index in [2.05, 4.69) is 41.8 Å². The number of fused-ring (bicyclic) bond motifs is 1. The predicted octanol–water partition coefficient (Wildman–Crippen LogP) is 3.80. The van der Waals surface area contributed by atoms with Crippen LogP contribution in [0.15, 0.2) is 49.3 Å². The van der Waals surface area contributed by atoms with Crippen molar-refractivity contribution in [2.45, 2.75) is 37.6 Å². The van der Waals surface area contributed by atoms with Gasteiger partial charge < -0.3 is 10.6 Å². The van der Waals surface area contributed by atoms with Crippen molar-refractivity contribution >= 4 is 34.9 Å². The van der Waals surface area contributed by atoms with Gasteiger partial charge in [-0.3, -0.25) is 14.2 Å². The van der Waals surface area contributed by atoms with Crippen molar-refractivity contribution < 1.29 is 4.79 Å². The zero-order valence-electron chi connectivity index (χ0n) is 17.6. The first-order chi connectivity index (χ1) is 16.1. The zero-order valence-corrected chi connectivity index (χ0v) is 18.4. The van der Waals surface area contributed by atoms with Gasteiger partial charge in [-0.1, -0.05) is 11.6 Å². The number of anilines is 2. The van der Waals surface area contributed by atoms with Crippen LogP contribution < -0.4 is 10.6 Å². The largest absolute Gasteiger partial charge is 0.364 e. The third-order valence-electron chi connectivity index (χ3n) is 6.05. The molecule has 4 aromatic rings. The van der Waals surface area contributed by atoms with Gasteiger partial charge in [0.25, 0.3) is 0 Å². The Kier molecular flexibility index (Phi) is 4.91. The fourth-order valence-electron chi connectivity index (χ4n) is 4.02. The molecular weight excluding hydrogens is 440 g/mol. The molecule has 0 aliphatic heterocycles. The average molecular weight is 461 g/mol. The van der Waals surface area contributed by atoms with E-state index in [4.69, 9.17) is 11.6 Å². The average Bonchev–Trinajstić information content (AvgIpc) is 3.74. The van der Waals surface area contributed by atoms with Crippen molar-refractivity contribution in [2.75, 3.05) is 10.6 Å². The number of halogens is 1. The third-order valence-corrected chi connectivity index (χ3v) is 6.28. The molecule has 2 N–H and O–H groups in total. The number of aromatic nitrogens is 6. The van der Waals surface area contributed by atoms with E-state index in [1.165, 1.54) is 24.7 Å². The fourth-order valence-corrected chi connectivity index (χ4v) is 4.19. The van der Waals surface area contributed by atoms with Crippen LogP contribution in [0.4, 0.5) is 11.6 Å². The van der Waals surface area contributed by atoms with Gasteiger partial charge in [-0.15, -0.1) is 0 Å². The topological polar surface area (TPSA) is 110 Å². The van der Waals surface area contributed by atoms with Crippen molar-refractivity contribution in [3.63, 3.8) is 0 Å². The summed E-state index contributed by atoms with van der Waals surface area (Å²) in [6.45, 7) is 0.484. The Balaban J connectivity index is 1.08. The quantitative estimate of drug-likeness (QED) is 0.431. The summed E-state index contributed by atoms with van der Waals surface area (Å²) in [7, 11) is 0. The molecule has 0 bridgehead atoms. The monoisotopic (exact) mass is 460 g/mol. The molecule has 2 atom stereocenters. The Bertz CT molecular complexity index is 1350. The summed E-state index contributed by atoms with van der Waals surface area (Å²) in [5.41, 5.74) is 2.97. The predicted molar refractivity (Wildman–Crippen MR) is 123 cm³/mol. The van der Waals surface area contributed by atoms with E-state index in [1.807, 2.05) is 22.9 Å². The maximum atomic E-state index is 12.6. The van der Waals surface area contributed by atoms with Gasteiger partial charge in [0.05, 0.1) is 12.2 Å². The Morgan fingerprint density at radius 2 is 2.00 bits per heavy atom. The van der Waals surface area contributed by atoms with Crippen molar-refractivity contribution in [3.8, 4) is 0 Å². The second kappa shape index (κ2) is 8.08. The van der Waals surface area contributed by atoms with Gasteiger partial charge in [0, 0.05) is 53.4 Å². The van der Waals surface area contributed by atoms with Gasteiger partial charge in [-0.2, -0.15) is 0 Å². The lowest BCUT2D eigenvalue weighted by atomic mass is 10.2. The molecule has 0 spiro atoms. The van der Waals surface area contributed by atoms with Crippen molar-refractivity contribution in [1.82, 2.24) is 29.3 Å². The normalized spacial score (nSPS) is 19.4. The SMILES string of the molecule is O=C(Nc1cc(NCc2cn3cc(C4CC4)cnc3n2)ncn1)[C@H]1CC1c1cc(Cl)ccn1. The summed E-state index contributed by atoms with van der Waals surface area (Å²) < 4.78 is 1.97. The lowest BCUT2D eigenvalue weighted by molar-refractivity contribution is -0.117. The van der Waals surface area contributed by atoms with Crippen LogP contribution in [-0.4, -0.2) is 35.2 Å². The minimum Gasteiger partial charge on any atom is -0.364 e. The van der Waals surface area contributed by atoms with Gasteiger partial charge in [-0.25, -0.2) is 19.9 Å². The van der Waals surface area contributed by atoms with Crippen LogP contribution in [0.3, 0.4) is 0 Å². The molecule has 33 heavy (non-hydrogen) atoms. The maximum Gasteiger partial charge on any atom is 0.233 e. The molecule has 1 unspecified atom stereocenters. The minimum absolute atomic E-state index is 0.0793. The molecule has 9 nitrogen and oxygen atoms in total. The number of hydrogen-bond acceptors (Lipinski definition) is 7. The smallest absolute Gasteiger partial charge is 0.233 e. The van der Waals surface area contributed by atoms with E-state index >= 15 is 0 Å². The number of nitrogens with zero attached hydrogens (tertiary/aromatic N) is 6. The van der Waals surface area contributed by atoms with Gasteiger partial charge in [0.2, 0.25) is 11.7 Å². The Morgan fingerprint density at radius 1 is 1.12 bits per heavy atom. The van der Waals surface area contributed by atoms with E-state index in [0.29, 0.717) is 34.9 Å². The first-order valence-corrected chi connectivity index (χ1v) is 11.3. The van der Waals surface area contributed by atoms with E-state index in [0.717, 1.165) is 17.8 Å². The van der Waals surface area contributed by atoms with E-state index in [-0.39, 0.29) is 17.7 Å². The fraction of sp³-hybridized carbons (Fsp3) is 0.304. The Morgan fingerprint density at radius 3 is 2.85 bits per heavy atom. The number of rotatable bonds is 7. The second-order valence-electron chi connectivity index (χ2n) is 8.58. The van der Waals surface area contributed by atoms with Crippen molar-refractivity contribution in [1.29, 1.82) is 0 Å². The lowest BCUT2D eigenvalue weighted by Crippen LogP contribution is -2.16. The van der Waals surface area contributed by atoms with Crippen LogP contribution in [0.25, 0.3) is 5.78 Å². The summed E-state index contributed by atoms with van der Waals surface area (Å²) in [6, 6.07) is 5.26. The van der Waals surface area contributed by atoms with Gasteiger partial charge in [-0.05, 0) is 42.9 Å². The first-order valence-electron chi connectivity index (χ1n) is 10.9. The second-order valence-corrected chi connectivity index (χ2v) is 9.02. The van der Waals surface area contributed by atoms with Gasteiger partial charge in [0.15, 0.2) is 0 Å². The highest BCUT2D eigenvalue weighted by Crippen LogP contribution is 2.47. The molecule has 0 radical (unpaired) electrons. The van der Waals surface area contributed by atoms with Crippen LogP contribution in [0.2, 0.25) is 5.02 Å². The molecule has 0 aromatic carbocycles. The lowest BCUT2D eigenvalue weighted by Gasteiger charge is -2.07. The molecule has 166 valence electrons. The molecule has 4 aromatic heterocycles. The number of hydrogen-bond donors (Lipinski definition) is 2. The number of imidazole rings is 1. The van der Waals surface area contributed by atoms with Gasteiger partial charge >= 0.3 is 0 Å². The molecule has 2 fully saturated rings. The van der Waals surface area contributed by atoms with Crippen molar-refractivity contribution in [2.24, 2.45) is 5.92 Å². The summed E-state index contributed by atoms with van der Waals surface area (Å²) >= 11 is 6.04. The summed E-state index contributed by atoms with van der Waals surface area (Å²) in [5.74, 6) is 2.26. The van der Waals surface area contributed by atoms with E-state index in [9.17, 15) is 4.79 Å². The highest BCUT2D eigenvalue weighted by Gasteiger charge is 2.45. The molecule has 4 heterocycles. The summed E-state index contributed by atoms with van der Waals surface area (Å²) in [4.78, 5) is 34.4. The molecular formula is C23H21ClN8O. The molecule has 2 saturated carbocycles. The van der Waals surface area contributed by atoms with Crippen LogP contribution in [0.5, 0.6) is 0 Å². The third kappa shape index (κ3) is 4.36. The molecule has 0 saturated heterocycles. The highest BCUT2D eigenvalue weighted by atomic mass is 35.5. The number of pyridine rings is 1. The van der Waals surface area contributed by atoms with Crippen LogP contribution in [0.1, 0.15) is 48.0 Å². The van der Waals surface area contributed by atoms with Crippen LogP contribution in [-0.2, 0) is 11.3 Å². The minimum atomic E-state index is -0.131. The van der Waals surface area contributed by atoms with Gasteiger partial charge in [0.1, 0.15) is 18.0 Å². The van der Waals surface area contributed by atoms with Crippen molar-refractivity contribution in [3.05, 3.63) is 71.3 Å². The Hall–Kier alpha value is -3.59. The number of amides is 1. The maximum absolute atomic E-state index is 12.6. The molecule has 2 aliphatic carbocycles. The first kappa shape index (κ1) is 20.0. The number of carbonyl (C=O) groups excluding carboxylic acids is 1. The van der Waals surface area contributed by atoms with E-state index in [1.54, 1.807) is 18.3 Å². The van der Waals surface area contributed by atoms with Crippen LogP contribution >= 0.6 is 11.6 Å². The Labute approximate surface area is 194 Å². The summed E-state index contributed by atoms with van der Waals surface area (Å²) in [6.07, 6.45) is 12.3. The molecule has 1 amide bonds. The highest BCUT2D eigenvalue weighted by molar-refractivity contribution is 6.30. The standard InChI is InChI=1S/C23H21ClN8O/c24-15-3-4-25-19(5-15)17-6-18(17)22(33)31-21-7-20(28-12-29-21)26-9-16-11-32-10-14(13-1-2-13)8-27-23(32)30-16/h3-5,7-8,10-13,17-18H,1-2,6,9H2,(H2,26,28,29,31,33)/t17?,18-/m0/s1. The molecule has 10 heteroatoms. The zero-order chi connectivity index (χ0) is 22.4. The molecule has 2 aliphatic rings. The number of carbonyl (C=O) groups is 1.